The standard InChI is InChI=1S/C30H58O4/c1-3-5-7-9-11-13-14-15-16-18-19-21-23-25-28(27-29(31)32)34-30(33)26-24-22-20-17-12-10-8-6-4-2/h28H,3-27H2,1-2H3,(H,31,32). The van der Waals surface area contributed by atoms with Crippen molar-refractivity contribution in [3.8, 4) is 0 Å². The summed E-state index contributed by atoms with van der Waals surface area (Å²) in [5, 5.41) is 9.16. The molecule has 0 fully saturated rings. The highest BCUT2D eigenvalue weighted by atomic mass is 16.5. The van der Waals surface area contributed by atoms with Gasteiger partial charge in [0.25, 0.3) is 0 Å². The van der Waals surface area contributed by atoms with Crippen molar-refractivity contribution >= 4 is 11.9 Å². The molecule has 0 rings (SSSR count). The van der Waals surface area contributed by atoms with Crippen LogP contribution in [0, 0.1) is 0 Å². The summed E-state index contributed by atoms with van der Waals surface area (Å²) in [6, 6.07) is 0. The van der Waals surface area contributed by atoms with Crippen LogP contribution in [0.5, 0.6) is 0 Å². The third-order valence-electron chi connectivity index (χ3n) is 6.81. The van der Waals surface area contributed by atoms with Gasteiger partial charge in [-0.2, -0.15) is 0 Å². The summed E-state index contributed by atoms with van der Waals surface area (Å²) < 4.78 is 5.52. The van der Waals surface area contributed by atoms with Crippen LogP contribution in [0.1, 0.15) is 174 Å². The van der Waals surface area contributed by atoms with Gasteiger partial charge in [-0.3, -0.25) is 9.59 Å². The molecule has 0 aliphatic rings. The van der Waals surface area contributed by atoms with Crippen LogP contribution in [-0.2, 0) is 14.3 Å². The number of carbonyl (C=O) groups excluding carboxylic acids is 1. The topological polar surface area (TPSA) is 63.6 Å². The number of ether oxygens (including phenoxy) is 1. The summed E-state index contributed by atoms with van der Waals surface area (Å²) in [6.07, 6.45) is 28.3. The van der Waals surface area contributed by atoms with Crippen LogP contribution in [0.4, 0.5) is 0 Å². The molecule has 0 aliphatic heterocycles. The van der Waals surface area contributed by atoms with Crippen LogP contribution < -0.4 is 0 Å². The van der Waals surface area contributed by atoms with Gasteiger partial charge in [-0.25, -0.2) is 0 Å². The third-order valence-corrected chi connectivity index (χ3v) is 6.81. The molecule has 0 bridgehead atoms. The second-order valence-corrected chi connectivity index (χ2v) is 10.3. The zero-order valence-electron chi connectivity index (χ0n) is 22.9. The molecule has 0 aliphatic carbocycles. The van der Waals surface area contributed by atoms with Gasteiger partial charge in [0.05, 0.1) is 6.42 Å². The second-order valence-electron chi connectivity index (χ2n) is 10.3. The molecule has 4 nitrogen and oxygen atoms in total. The summed E-state index contributed by atoms with van der Waals surface area (Å²) >= 11 is 0. The maximum Gasteiger partial charge on any atom is 0.307 e. The quantitative estimate of drug-likeness (QED) is 0.0934. The third kappa shape index (κ3) is 25.6. The van der Waals surface area contributed by atoms with Crippen molar-refractivity contribution in [1.29, 1.82) is 0 Å². The molecule has 0 amide bonds. The van der Waals surface area contributed by atoms with E-state index in [2.05, 4.69) is 13.8 Å². The first kappa shape index (κ1) is 32.9. The molecule has 0 aromatic rings. The lowest BCUT2D eigenvalue weighted by Crippen LogP contribution is -2.21. The average Bonchev–Trinajstić information content (AvgIpc) is 2.80. The molecule has 1 unspecified atom stereocenters. The molecule has 0 spiro atoms. The minimum Gasteiger partial charge on any atom is -0.481 e. The molecule has 0 heterocycles. The molecular formula is C30H58O4. The Morgan fingerprint density at radius 1 is 0.559 bits per heavy atom. The Morgan fingerprint density at radius 3 is 1.29 bits per heavy atom. The van der Waals surface area contributed by atoms with Crippen LogP contribution in [0.3, 0.4) is 0 Å². The van der Waals surface area contributed by atoms with E-state index in [4.69, 9.17) is 9.84 Å². The van der Waals surface area contributed by atoms with Crippen molar-refractivity contribution in [3.63, 3.8) is 0 Å². The fourth-order valence-electron chi connectivity index (χ4n) is 4.61. The first-order chi connectivity index (χ1) is 16.6. The van der Waals surface area contributed by atoms with E-state index in [-0.39, 0.29) is 12.4 Å². The van der Waals surface area contributed by atoms with Crippen molar-refractivity contribution < 1.29 is 19.4 Å². The number of carboxylic acid groups (broad SMARTS) is 1. The van der Waals surface area contributed by atoms with Crippen molar-refractivity contribution in [1.82, 2.24) is 0 Å². The molecule has 1 atom stereocenters. The lowest BCUT2D eigenvalue weighted by molar-refractivity contribution is -0.153. The van der Waals surface area contributed by atoms with Gasteiger partial charge in [-0.15, -0.1) is 0 Å². The van der Waals surface area contributed by atoms with Crippen LogP contribution in [0.2, 0.25) is 0 Å². The van der Waals surface area contributed by atoms with Crippen LogP contribution >= 0.6 is 0 Å². The Kier molecular flexibility index (Phi) is 25.7. The number of unbranched alkanes of at least 4 members (excludes halogenated alkanes) is 20. The Morgan fingerprint density at radius 2 is 0.912 bits per heavy atom. The Labute approximate surface area is 212 Å². The van der Waals surface area contributed by atoms with E-state index in [9.17, 15) is 9.59 Å². The fourth-order valence-corrected chi connectivity index (χ4v) is 4.61. The molecule has 34 heavy (non-hydrogen) atoms. The van der Waals surface area contributed by atoms with E-state index in [0.29, 0.717) is 12.8 Å². The molecule has 0 aromatic carbocycles. The number of aliphatic carboxylic acids is 1. The highest BCUT2D eigenvalue weighted by Crippen LogP contribution is 2.16. The zero-order valence-corrected chi connectivity index (χ0v) is 22.9. The number of hydrogen-bond donors (Lipinski definition) is 1. The van der Waals surface area contributed by atoms with Crippen LogP contribution in [-0.4, -0.2) is 23.1 Å². The molecule has 4 heteroatoms. The summed E-state index contributed by atoms with van der Waals surface area (Å²) in [5.41, 5.74) is 0. The van der Waals surface area contributed by atoms with Gasteiger partial charge < -0.3 is 9.84 Å². The lowest BCUT2D eigenvalue weighted by Gasteiger charge is -2.16. The van der Waals surface area contributed by atoms with E-state index in [1.807, 2.05) is 0 Å². The smallest absolute Gasteiger partial charge is 0.307 e. The van der Waals surface area contributed by atoms with Crippen molar-refractivity contribution in [2.24, 2.45) is 0 Å². The number of esters is 1. The Bertz CT molecular complexity index is 449. The fraction of sp³-hybridized carbons (Fsp3) is 0.933. The van der Waals surface area contributed by atoms with Gasteiger partial charge in [-0.05, 0) is 19.3 Å². The first-order valence-electron chi connectivity index (χ1n) is 15.0. The van der Waals surface area contributed by atoms with Gasteiger partial charge in [0, 0.05) is 6.42 Å². The molecule has 202 valence electrons. The summed E-state index contributed by atoms with van der Waals surface area (Å²) in [6.45, 7) is 4.50. The normalized spacial score (nSPS) is 12.1. The SMILES string of the molecule is CCCCCCCCCCCCCCCC(CC(=O)O)OC(=O)CCCCCCCCCCC. The molecule has 0 aromatic heterocycles. The summed E-state index contributed by atoms with van der Waals surface area (Å²) in [7, 11) is 0. The number of carboxylic acids is 1. The maximum atomic E-state index is 12.2. The maximum absolute atomic E-state index is 12.2. The monoisotopic (exact) mass is 482 g/mol. The average molecular weight is 483 g/mol. The minimum absolute atomic E-state index is 0.0677. The van der Waals surface area contributed by atoms with Gasteiger partial charge in [0.2, 0.25) is 0 Å². The second kappa shape index (κ2) is 26.5. The zero-order chi connectivity index (χ0) is 25.1. The minimum atomic E-state index is -0.879. The lowest BCUT2D eigenvalue weighted by atomic mass is 10.0. The number of carbonyl (C=O) groups is 2. The molecule has 0 saturated heterocycles. The predicted molar refractivity (Wildman–Crippen MR) is 144 cm³/mol. The van der Waals surface area contributed by atoms with Crippen LogP contribution in [0.25, 0.3) is 0 Å². The summed E-state index contributed by atoms with van der Waals surface area (Å²) in [5.74, 6) is -1.10. The van der Waals surface area contributed by atoms with Crippen LogP contribution in [0.15, 0.2) is 0 Å². The van der Waals surface area contributed by atoms with Crippen molar-refractivity contribution in [2.45, 2.75) is 180 Å². The van der Waals surface area contributed by atoms with Gasteiger partial charge in [0.15, 0.2) is 0 Å². The molecule has 1 N–H and O–H groups in total. The summed E-state index contributed by atoms with van der Waals surface area (Å²) in [4.78, 5) is 23.3. The Balaban J connectivity index is 3.69. The molecular weight excluding hydrogens is 424 g/mol. The van der Waals surface area contributed by atoms with E-state index < -0.39 is 12.1 Å². The molecule has 0 saturated carbocycles. The predicted octanol–water partition coefficient (Wildman–Crippen LogP) is 9.78. The largest absolute Gasteiger partial charge is 0.481 e. The highest BCUT2D eigenvalue weighted by molar-refractivity contribution is 5.71. The van der Waals surface area contributed by atoms with E-state index in [1.54, 1.807) is 0 Å². The van der Waals surface area contributed by atoms with Gasteiger partial charge >= 0.3 is 11.9 Å². The molecule has 0 radical (unpaired) electrons. The Hall–Kier alpha value is -1.06. The highest BCUT2D eigenvalue weighted by Gasteiger charge is 2.17. The van der Waals surface area contributed by atoms with E-state index in [1.165, 1.54) is 116 Å². The number of rotatable bonds is 27. The van der Waals surface area contributed by atoms with Crippen molar-refractivity contribution in [2.75, 3.05) is 0 Å². The van der Waals surface area contributed by atoms with Gasteiger partial charge in [-0.1, -0.05) is 142 Å². The first-order valence-corrected chi connectivity index (χ1v) is 15.0. The van der Waals surface area contributed by atoms with Gasteiger partial charge in [0.1, 0.15) is 6.10 Å². The van der Waals surface area contributed by atoms with E-state index >= 15 is 0 Å². The number of hydrogen-bond acceptors (Lipinski definition) is 3. The van der Waals surface area contributed by atoms with Crippen molar-refractivity contribution in [3.05, 3.63) is 0 Å². The van der Waals surface area contributed by atoms with E-state index in [0.717, 1.165) is 25.7 Å².